The van der Waals surface area contributed by atoms with E-state index in [0.717, 1.165) is 21.2 Å². The summed E-state index contributed by atoms with van der Waals surface area (Å²) in [5.74, 6) is 0. The van der Waals surface area contributed by atoms with E-state index in [1.165, 1.54) is 4.90 Å². The first-order valence-electron chi connectivity index (χ1n) is 6.18. The van der Waals surface area contributed by atoms with Gasteiger partial charge in [-0.25, -0.2) is 20.4 Å². The lowest BCUT2D eigenvalue weighted by Gasteiger charge is -2.30. The molecule has 0 aliphatic carbocycles. The summed E-state index contributed by atoms with van der Waals surface area (Å²) in [6.45, 7) is 0. The van der Waals surface area contributed by atoms with Gasteiger partial charge in [-0.15, -0.1) is 0 Å². The Balaban J connectivity index is 2.02. The fourth-order valence-electron chi connectivity index (χ4n) is 2.09. The summed E-state index contributed by atoms with van der Waals surface area (Å²) < 4.78 is 0. The summed E-state index contributed by atoms with van der Waals surface area (Å²) in [7, 11) is 0. The molecular weight excluding hydrogens is 288 g/mol. The van der Waals surface area contributed by atoms with Gasteiger partial charge in [-0.3, -0.25) is 4.90 Å². The number of amides is 4. The molecule has 1 heterocycles. The van der Waals surface area contributed by atoms with Crippen LogP contribution in [0, 0.1) is 0 Å². The Kier molecular flexibility index (Phi) is 3.41. The molecule has 21 heavy (non-hydrogen) atoms. The van der Waals surface area contributed by atoms with Crippen molar-refractivity contribution in [3.05, 3.63) is 48.5 Å². The number of carbonyl (C=O) groups is 2. The van der Waals surface area contributed by atoms with E-state index in [0.29, 0.717) is 0 Å². The van der Waals surface area contributed by atoms with E-state index in [9.17, 15) is 9.59 Å². The summed E-state index contributed by atoms with van der Waals surface area (Å²) in [5, 5.41) is 0. The summed E-state index contributed by atoms with van der Waals surface area (Å²) in [4.78, 5) is 26.6. The second-order valence-electron chi connectivity index (χ2n) is 4.29. The first-order chi connectivity index (χ1) is 10.2. The molecule has 0 fully saturated rings. The van der Waals surface area contributed by atoms with Crippen molar-refractivity contribution in [1.82, 2.24) is 10.9 Å². The smallest absolute Gasteiger partial charge is 0.345 e. The van der Waals surface area contributed by atoms with Crippen LogP contribution in [-0.4, -0.2) is 12.1 Å². The minimum absolute atomic E-state index is 0.478. The first-order valence-corrected chi connectivity index (χ1v) is 7.00. The van der Waals surface area contributed by atoms with Crippen molar-refractivity contribution < 1.29 is 9.59 Å². The van der Waals surface area contributed by atoms with Crippen LogP contribution >= 0.6 is 11.8 Å². The minimum atomic E-state index is -0.823. The molecule has 2 aromatic rings. The van der Waals surface area contributed by atoms with Crippen molar-refractivity contribution in [2.24, 2.45) is 5.73 Å². The predicted molar refractivity (Wildman–Crippen MR) is 80.4 cm³/mol. The van der Waals surface area contributed by atoms with E-state index < -0.39 is 12.1 Å². The maximum absolute atomic E-state index is 12.4. The number of hydrogen-bond acceptors (Lipinski definition) is 3. The van der Waals surface area contributed by atoms with Crippen molar-refractivity contribution in [2.45, 2.75) is 9.79 Å². The molecule has 4 N–H and O–H groups in total. The Labute approximate surface area is 125 Å². The van der Waals surface area contributed by atoms with Gasteiger partial charge in [0.2, 0.25) is 0 Å². The molecule has 0 unspecified atom stereocenters. The number of fused-ring (bicyclic) bond motifs is 2. The van der Waals surface area contributed by atoms with Crippen molar-refractivity contribution in [2.75, 3.05) is 4.90 Å². The average molecular weight is 300 g/mol. The molecule has 4 amide bonds. The van der Waals surface area contributed by atoms with Gasteiger partial charge in [0, 0.05) is 9.79 Å². The third-order valence-corrected chi connectivity index (χ3v) is 4.06. The number of rotatable bonds is 0. The average Bonchev–Trinajstić information content (AvgIpc) is 2.50. The highest BCUT2D eigenvalue weighted by Gasteiger charge is 2.27. The lowest BCUT2D eigenvalue weighted by molar-refractivity contribution is 0.233. The number of benzene rings is 2. The van der Waals surface area contributed by atoms with Crippen LogP contribution in [0.25, 0.3) is 0 Å². The molecular formula is C14H12N4O2S. The normalized spacial score (nSPS) is 12.1. The number of carbonyl (C=O) groups excluding carboxylic acids is 2. The van der Waals surface area contributed by atoms with Gasteiger partial charge >= 0.3 is 12.1 Å². The lowest BCUT2D eigenvalue weighted by Crippen LogP contribution is -2.49. The Hall–Kier alpha value is -2.67. The minimum Gasteiger partial charge on any atom is -0.350 e. The number of nitrogens with two attached hydrogens (primary N) is 1. The zero-order valence-corrected chi connectivity index (χ0v) is 11.7. The Morgan fingerprint density at radius 2 is 1.43 bits per heavy atom. The highest BCUT2D eigenvalue weighted by atomic mass is 32.2. The Bertz CT molecular complexity index is 674. The second kappa shape index (κ2) is 5.37. The molecule has 1 aliphatic rings. The van der Waals surface area contributed by atoms with E-state index in [2.05, 4.69) is 10.9 Å². The van der Waals surface area contributed by atoms with Crippen LogP contribution in [0.3, 0.4) is 0 Å². The van der Waals surface area contributed by atoms with E-state index in [4.69, 9.17) is 5.73 Å². The number of hydrazine groups is 1. The van der Waals surface area contributed by atoms with E-state index in [1.807, 2.05) is 48.5 Å². The molecule has 0 atom stereocenters. The second-order valence-corrected chi connectivity index (χ2v) is 5.38. The number of hydrogen-bond donors (Lipinski definition) is 3. The van der Waals surface area contributed by atoms with Crippen molar-refractivity contribution >= 4 is 35.2 Å². The van der Waals surface area contributed by atoms with Gasteiger partial charge in [0.15, 0.2) is 0 Å². The lowest BCUT2D eigenvalue weighted by atomic mass is 10.2. The number of para-hydroxylation sites is 2. The molecule has 0 aromatic heterocycles. The third-order valence-electron chi connectivity index (χ3n) is 2.93. The maximum atomic E-state index is 12.4. The molecule has 0 radical (unpaired) electrons. The van der Waals surface area contributed by atoms with Crippen molar-refractivity contribution in [3.63, 3.8) is 0 Å². The van der Waals surface area contributed by atoms with Gasteiger partial charge in [-0.1, -0.05) is 36.0 Å². The van der Waals surface area contributed by atoms with Crippen LogP contribution in [0.1, 0.15) is 0 Å². The highest BCUT2D eigenvalue weighted by molar-refractivity contribution is 7.99. The fourth-order valence-corrected chi connectivity index (χ4v) is 3.15. The van der Waals surface area contributed by atoms with Crippen LogP contribution in [0.2, 0.25) is 0 Å². The van der Waals surface area contributed by atoms with Gasteiger partial charge in [0.1, 0.15) is 0 Å². The molecule has 7 heteroatoms. The molecule has 106 valence electrons. The number of primary amides is 1. The van der Waals surface area contributed by atoms with E-state index in [1.54, 1.807) is 11.8 Å². The van der Waals surface area contributed by atoms with E-state index in [-0.39, 0.29) is 0 Å². The summed E-state index contributed by atoms with van der Waals surface area (Å²) in [6, 6.07) is 13.8. The summed E-state index contributed by atoms with van der Waals surface area (Å²) >= 11 is 1.59. The predicted octanol–water partition coefficient (Wildman–Crippen LogP) is 2.58. The first kappa shape index (κ1) is 13.3. The van der Waals surface area contributed by atoms with Gasteiger partial charge in [0.25, 0.3) is 0 Å². The van der Waals surface area contributed by atoms with Crippen LogP contribution < -0.4 is 21.5 Å². The van der Waals surface area contributed by atoms with Crippen LogP contribution in [0.4, 0.5) is 21.0 Å². The topological polar surface area (TPSA) is 87.5 Å². The SMILES string of the molecule is NC(=O)NNC(=O)N1c2ccccc2Sc2ccccc21. The zero-order chi connectivity index (χ0) is 14.8. The Morgan fingerprint density at radius 1 is 0.905 bits per heavy atom. The van der Waals surface area contributed by atoms with Gasteiger partial charge in [-0.2, -0.15) is 0 Å². The molecule has 0 saturated carbocycles. The van der Waals surface area contributed by atoms with Crippen molar-refractivity contribution in [3.8, 4) is 0 Å². The van der Waals surface area contributed by atoms with Crippen LogP contribution in [0.15, 0.2) is 58.3 Å². The third kappa shape index (κ3) is 2.50. The molecule has 0 bridgehead atoms. The van der Waals surface area contributed by atoms with Gasteiger partial charge in [0.05, 0.1) is 11.4 Å². The monoisotopic (exact) mass is 300 g/mol. The highest BCUT2D eigenvalue weighted by Crippen LogP contribution is 2.47. The quantitative estimate of drug-likeness (QED) is 0.653. The van der Waals surface area contributed by atoms with E-state index >= 15 is 0 Å². The molecule has 3 rings (SSSR count). The molecule has 1 aliphatic heterocycles. The largest absolute Gasteiger partial charge is 0.350 e. The number of urea groups is 2. The Morgan fingerprint density at radius 3 is 1.95 bits per heavy atom. The molecule has 0 spiro atoms. The zero-order valence-electron chi connectivity index (χ0n) is 10.9. The number of nitrogens with one attached hydrogen (secondary N) is 2. The van der Waals surface area contributed by atoms with Crippen LogP contribution in [-0.2, 0) is 0 Å². The van der Waals surface area contributed by atoms with Crippen molar-refractivity contribution in [1.29, 1.82) is 0 Å². The fraction of sp³-hybridized carbons (Fsp3) is 0. The molecule has 0 saturated heterocycles. The molecule has 2 aromatic carbocycles. The standard InChI is InChI=1S/C14H12N4O2S/c15-13(19)16-17-14(20)18-9-5-1-3-7-11(9)21-12-8-4-2-6-10(12)18/h1-8H,(H,17,20)(H3,15,16,19). The summed E-state index contributed by atoms with van der Waals surface area (Å²) in [5.41, 5.74) is 10.9. The van der Waals surface area contributed by atoms with Gasteiger partial charge < -0.3 is 5.73 Å². The molecule has 6 nitrogen and oxygen atoms in total. The van der Waals surface area contributed by atoms with Gasteiger partial charge in [-0.05, 0) is 24.3 Å². The number of anilines is 2. The van der Waals surface area contributed by atoms with Crippen LogP contribution in [0.5, 0.6) is 0 Å². The maximum Gasteiger partial charge on any atom is 0.345 e. The number of nitrogens with zero attached hydrogens (tertiary/aromatic N) is 1. The summed E-state index contributed by atoms with van der Waals surface area (Å²) in [6.07, 6.45) is 0.